The van der Waals surface area contributed by atoms with Crippen molar-refractivity contribution in [3.8, 4) is 0 Å². The molecule has 1 aliphatic heterocycles. The number of halogens is 1. The fourth-order valence-corrected chi connectivity index (χ4v) is 4.01. The normalized spacial score (nSPS) is 18.2. The molecule has 7 heteroatoms. The lowest BCUT2D eigenvalue weighted by Crippen LogP contribution is -2.49. The minimum Gasteiger partial charge on any atom is -0.378 e. The van der Waals surface area contributed by atoms with Crippen LogP contribution in [-0.4, -0.2) is 68.1 Å². The molecule has 0 radical (unpaired) electrons. The van der Waals surface area contributed by atoms with Crippen molar-refractivity contribution in [2.24, 2.45) is 10.9 Å². The van der Waals surface area contributed by atoms with Gasteiger partial charge in [0.05, 0.1) is 19.2 Å². The molecule has 1 N–H and O–H groups in total. The highest BCUT2D eigenvalue weighted by Gasteiger charge is 2.24. The third kappa shape index (κ3) is 8.06. The maximum atomic E-state index is 12.0. The third-order valence-corrected chi connectivity index (χ3v) is 5.93. The maximum Gasteiger partial charge on any atom is 0.241 e. The van der Waals surface area contributed by atoms with E-state index in [4.69, 9.17) is 9.73 Å². The summed E-state index contributed by atoms with van der Waals surface area (Å²) in [5.74, 6) is 1.64. The molecular weight excluding hydrogens is 491 g/mol. The number of likely N-dealkylation sites (tertiary alicyclic amines) is 1. The lowest BCUT2D eigenvalue weighted by molar-refractivity contribution is -0.127. The van der Waals surface area contributed by atoms with Crippen molar-refractivity contribution < 1.29 is 9.53 Å². The average Bonchev–Trinajstić information content (AvgIpc) is 3.27. The Morgan fingerprint density at radius 2 is 1.80 bits per heavy atom. The lowest BCUT2D eigenvalue weighted by Gasteiger charge is -2.34. The van der Waals surface area contributed by atoms with Crippen LogP contribution in [0.25, 0.3) is 0 Å². The number of carbonyl (C=O) groups excluding carboxylic acids is 1. The molecule has 1 amide bonds. The fraction of sp³-hybridized carbons (Fsp3) is 0.652. The number of ether oxygens (including phenoxy) is 1. The van der Waals surface area contributed by atoms with Crippen LogP contribution in [-0.2, 0) is 16.1 Å². The van der Waals surface area contributed by atoms with Gasteiger partial charge in [0.15, 0.2) is 5.96 Å². The Labute approximate surface area is 198 Å². The molecule has 1 saturated carbocycles. The molecule has 2 fully saturated rings. The van der Waals surface area contributed by atoms with Crippen LogP contribution in [0.4, 0.5) is 0 Å². The minimum atomic E-state index is 0. The van der Waals surface area contributed by atoms with Crippen LogP contribution in [0.3, 0.4) is 0 Å². The van der Waals surface area contributed by atoms with Gasteiger partial charge >= 0.3 is 0 Å². The molecule has 0 aromatic heterocycles. The number of rotatable bonds is 7. The molecule has 1 aromatic rings. The zero-order valence-corrected chi connectivity index (χ0v) is 20.7. The van der Waals surface area contributed by atoms with Crippen molar-refractivity contribution in [2.45, 2.75) is 51.2 Å². The van der Waals surface area contributed by atoms with E-state index >= 15 is 0 Å². The van der Waals surface area contributed by atoms with E-state index in [9.17, 15) is 4.79 Å². The Bertz CT molecular complexity index is 654. The number of guanidine groups is 1. The van der Waals surface area contributed by atoms with Crippen LogP contribution in [0, 0.1) is 5.92 Å². The Hall–Kier alpha value is -1.35. The number of amides is 1. The monoisotopic (exact) mass is 528 g/mol. The molecule has 3 rings (SSSR count). The van der Waals surface area contributed by atoms with Crippen LogP contribution < -0.4 is 5.32 Å². The Balaban J connectivity index is 0.00000320. The summed E-state index contributed by atoms with van der Waals surface area (Å²) < 4.78 is 6.21. The first-order valence-corrected chi connectivity index (χ1v) is 11.0. The standard InChI is InChI=1S/C23H36N4O2.HI/c1-26(2)22(28)17-25-23(24-16-19-8-4-3-5-9-19)27-14-12-21(13-15-27)29-18-20-10-6-7-11-20;/h3-5,8-9,20-21H,6-7,10-18H2,1-2H3,(H,24,25);1H. The second-order valence-electron chi connectivity index (χ2n) is 8.44. The molecule has 1 heterocycles. The number of nitrogens with zero attached hydrogens (tertiary/aromatic N) is 3. The first kappa shape index (κ1) is 24.9. The van der Waals surface area contributed by atoms with Gasteiger partial charge in [0.25, 0.3) is 0 Å². The number of hydrogen-bond acceptors (Lipinski definition) is 3. The fourth-order valence-electron chi connectivity index (χ4n) is 4.01. The number of carbonyl (C=O) groups is 1. The largest absolute Gasteiger partial charge is 0.378 e. The Kier molecular flexibility index (Phi) is 10.9. The number of aliphatic imine (C=N–C) groups is 1. The van der Waals surface area contributed by atoms with Crippen molar-refractivity contribution in [3.63, 3.8) is 0 Å². The van der Waals surface area contributed by atoms with Gasteiger partial charge in [-0.2, -0.15) is 0 Å². The molecule has 30 heavy (non-hydrogen) atoms. The third-order valence-electron chi connectivity index (χ3n) is 5.93. The van der Waals surface area contributed by atoms with Gasteiger partial charge in [-0.25, -0.2) is 4.99 Å². The van der Waals surface area contributed by atoms with Crippen LogP contribution in [0.1, 0.15) is 44.1 Å². The number of likely N-dealkylation sites (N-methyl/N-ethyl adjacent to an activating group) is 1. The summed E-state index contributed by atoms with van der Waals surface area (Å²) in [7, 11) is 3.55. The van der Waals surface area contributed by atoms with Crippen LogP contribution >= 0.6 is 24.0 Å². The summed E-state index contributed by atoms with van der Waals surface area (Å²) in [6.07, 6.45) is 7.78. The van der Waals surface area contributed by atoms with Crippen molar-refractivity contribution in [1.29, 1.82) is 0 Å². The number of piperidine rings is 1. The quantitative estimate of drug-likeness (QED) is 0.335. The molecule has 1 aromatic carbocycles. The molecule has 1 saturated heterocycles. The van der Waals surface area contributed by atoms with Gasteiger partial charge in [0.2, 0.25) is 5.91 Å². The molecule has 6 nitrogen and oxygen atoms in total. The Morgan fingerprint density at radius 3 is 2.43 bits per heavy atom. The summed E-state index contributed by atoms with van der Waals surface area (Å²) in [6, 6.07) is 10.2. The summed E-state index contributed by atoms with van der Waals surface area (Å²) >= 11 is 0. The highest BCUT2D eigenvalue weighted by atomic mass is 127. The SMILES string of the molecule is CN(C)C(=O)CNC(=NCc1ccccc1)N1CCC(OCC2CCCC2)CC1.I. The summed E-state index contributed by atoms with van der Waals surface area (Å²) in [4.78, 5) is 20.7. The number of nitrogens with one attached hydrogen (secondary N) is 1. The van der Waals surface area contributed by atoms with E-state index in [1.165, 1.54) is 31.2 Å². The van der Waals surface area contributed by atoms with Gasteiger partial charge in [0.1, 0.15) is 0 Å². The zero-order chi connectivity index (χ0) is 20.5. The topological polar surface area (TPSA) is 57.2 Å². The van der Waals surface area contributed by atoms with Gasteiger partial charge < -0.3 is 19.9 Å². The van der Waals surface area contributed by atoms with Crippen LogP contribution in [0.5, 0.6) is 0 Å². The summed E-state index contributed by atoms with van der Waals surface area (Å²) in [6.45, 7) is 3.61. The lowest BCUT2D eigenvalue weighted by atomic mass is 10.1. The molecule has 2 aliphatic rings. The van der Waals surface area contributed by atoms with E-state index in [1.807, 2.05) is 18.2 Å². The van der Waals surface area contributed by atoms with Gasteiger partial charge in [0, 0.05) is 33.8 Å². The van der Waals surface area contributed by atoms with E-state index in [-0.39, 0.29) is 36.4 Å². The first-order chi connectivity index (χ1) is 14.1. The number of hydrogen-bond donors (Lipinski definition) is 1. The molecular formula is C23H37IN4O2. The maximum absolute atomic E-state index is 12.0. The molecule has 0 bridgehead atoms. The average molecular weight is 528 g/mol. The minimum absolute atomic E-state index is 0. The van der Waals surface area contributed by atoms with Crippen molar-refractivity contribution in [2.75, 3.05) is 40.3 Å². The van der Waals surface area contributed by atoms with Crippen LogP contribution in [0.2, 0.25) is 0 Å². The van der Waals surface area contributed by atoms with Crippen LogP contribution in [0.15, 0.2) is 35.3 Å². The van der Waals surface area contributed by atoms with E-state index in [0.29, 0.717) is 12.6 Å². The Morgan fingerprint density at radius 1 is 1.13 bits per heavy atom. The van der Waals surface area contributed by atoms with Gasteiger partial charge in [-0.15, -0.1) is 24.0 Å². The van der Waals surface area contributed by atoms with Gasteiger partial charge in [-0.1, -0.05) is 43.2 Å². The first-order valence-electron chi connectivity index (χ1n) is 11.0. The van der Waals surface area contributed by atoms with Crippen molar-refractivity contribution in [3.05, 3.63) is 35.9 Å². The predicted molar refractivity (Wildman–Crippen MR) is 132 cm³/mol. The highest BCUT2D eigenvalue weighted by molar-refractivity contribution is 14.0. The van der Waals surface area contributed by atoms with E-state index in [1.54, 1.807) is 19.0 Å². The van der Waals surface area contributed by atoms with Crippen molar-refractivity contribution in [1.82, 2.24) is 15.1 Å². The van der Waals surface area contributed by atoms with Gasteiger partial charge in [-0.3, -0.25) is 4.79 Å². The summed E-state index contributed by atoms with van der Waals surface area (Å²) in [5.41, 5.74) is 1.17. The number of benzene rings is 1. The summed E-state index contributed by atoms with van der Waals surface area (Å²) in [5, 5.41) is 3.28. The highest BCUT2D eigenvalue weighted by Crippen LogP contribution is 2.26. The molecule has 168 valence electrons. The van der Waals surface area contributed by atoms with E-state index < -0.39 is 0 Å². The molecule has 0 atom stereocenters. The second kappa shape index (κ2) is 13.1. The van der Waals surface area contributed by atoms with Crippen molar-refractivity contribution >= 4 is 35.8 Å². The smallest absolute Gasteiger partial charge is 0.241 e. The molecule has 1 aliphatic carbocycles. The second-order valence-corrected chi connectivity index (χ2v) is 8.44. The zero-order valence-electron chi connectivity index (χ0n) is 18.4. The van der Waals surface area contributed by atoms with E-state index in [0.717, 1.165) is 44.4 Å². The molecule has 0 unspecified atom stereocenters. The molecule has 0 spiro atoms. The van der Waals surface area contributed by atoms with Gasteiger partial charge in [-0.05, 0) is 37.2 Å². The van der Waals surface area contributed by atoms with E-state index in [2.05, 4.69) is 22.3 Å². The predicted octanol–water partition coefficient (Wildman–Crippen LogP) is 3.51.